The van der Waals surface area contributed by atoms with Crippen LogP contribution in [0.4, 0.5) is 14.9 Å². The van der Waals surface area contributed by atoms with E-state index < -0.39 is 11.5 Å². The first kappa shape index (κ1) is 18.4. The lowest BCUT2D eigenvalue weighted by molar-refractivity contribution is -0.115. The van der Waals surface area contributed by atoms with Crippen LogP contribution in [0, 0.1) is 5.82 Å². The smallest absolute Gasteiger partial charge is 0.321 e. The number of carbonyl (C=O) groups is 2. The molecule has 0 radical (unpaired) electrons. The summed E-state index contributed by atoms with van der Waals surface area (Å²) in [5, 5.41) is 6.34. The molecule has 0 aliphatic carbocycles. The minimum atomic E-state index is -0.740. The van der Waals surface area contributed by atoms with Crippen LogP contribution in [0.1, 0.15) is 18.4 Å². The van der Waals surface area contributed by atoms with Gasteiger partial charge in [0.25, 0.3) is 5.91 Å². The Morgan fingerprint density at radius 2 is 1.89 bits per heavy atom. The predicted octanol–water partition coefficient (Wildman–Crippen LogP) is 3.42. The van der Waals surface area contributed by atoms with E-state index in [4.69, 9.17) is 11.6 Å². The first-order valence-corrected chi connectivity index (χ1v) is 9.32. The van der Waals surface area contributed by atoms with Crippen molar-refractivity contribution < 1.29 is 14.0 Å². The molecule has 2 N–H and O–H groups in total. The van der Waals surface area contributed by atoms with Gasteiger partial charge in [-0.15, -0.1) is 0 Å². The van der Waals surface area contributed by atoms with Crippen molar-refractivity contribution in [1.82, 2.24) is 10.2 Å². The highest BCUT2D eigenvalue weighted by Gasteiger charge is 2.42. The fraction of sp³-hybridized carbons (Fsp3) is 0.250. The lowest BCUT2D eigenvalue weighted by Gasteiger charge is -2.37. The number of hydrogen-bond donors (Lipinski definition) is 2. The summed E-state index contributed by atoms with van der Waals surface area (Å²) in [6.45, 7) is 0.888. The number of rotatable bonds is 2. The molecule has 28 heavy (non-hydrogen) atoms. The summed E-state index contributed by atoms with van der Waals surface area (Å²) in [5.41, 5.74) is 0.613. The summed E-state index contributed by atoms with van der Waals surface area (Å²) in [6, 6.07) is 12.5. The average molecular weight is 401 g/mol. The van der Waals surface area contributed by atoms with E-state index in [1.54, 1.807) is 41.3 Å². The number of halogens is 2. The minimum absolute atomic E-state index is 0.212. The molecule has 1 saturated heterocycles. The topological polar surface area (TPSA) is 73.8 Å². The number of piperidine rings is 1. The van der Waals surface area contributed by atoms with Crippen molar-refractivity contribution in [2.45, 2.75) is 18.5 Å². The van der Waals surface area contributed by atoms with E-state index in [0.29, 0.717) is 42.2 Å². The number of hydrogen-bond acceptors (Lipinski definition) is 3. The second kappa shape index (κ2) is 7.24. The molecule has 0 unspecified atom stereocenters. The van der Waals surface area contributed by atoms with E-state index in [1.165, 1.54) is 12.1 Å². The Morgan fingerprint density at radius 3 is 2.57 bits per heavy atom. The molecule has 4 rings (SSSR count). The number of urea groups is 1. The van der Waals surface area contributed by atoms with Crippen LogP contribution >= 0.6 is 11.6 Å². The van der Waals surface area contributed by atoms with E-state index in [2.05, 4.69) is 15.6 Å². The van der Waals surface area contributed by atoms with Gasteiger partial charge in [-0.25, -0.2) is 9.18 Å². The number of benzene rings is 2. The molecule has 3 amide bonds. The maximum Gasteiger partial charge on any atom is 0.321 e. The third-order valence-corrected chi connectivity index (χ3v) is 5.21. The van der Waals surface area contributed by atoms with Gasteiger partial charge in [0.15, 0.2) is 0 Å². The van der Waals surface area contributed by atoms with Crippen LogP contribution in [-0.4, -0.2) is 41.3 Å². The van der Waals surface area contributed by atoms with Crippen LogP contribution in [0.25, 0.3) is 0 Å². The fourth-order valence-electron chi connectivity index (χ4n) is 3.45. The molecule has 2 aliphatic heterocycles. The van der Waals surface area contributed by atoms with Gasteiger partial charge >= 0.3 is 6.03 Å². The van der Waals surface area contributed by atoms with Crippen molar-refractivity contribution in [3.63, 3.8) is 0 Å². The average Bonchev–Trinajstić information content (AvgIpc) is 3.00. The van der Waals surface area contributed by atoms with E-state index in [0.717, 1.165) is 0 Å². The van der Waals surface area contributed by atoms with Crippen molar-refractivity contribution >= 4 is 34.9 Å². The van der Waals surface area contributed by atoms with Crippen molar-refractivity contribution in [3.8, 4) is 0 Å². The molecule has 2 aromatic rings. The first-order chi connectivity index (χ1) is 13.4. The van der Waals surface area contributed by atoms with Gasteiger partial charge in [-0.05, 0) is 36.4 Å². The molecule has 2 aliphatic rings. The number of nitrogens with one attached hydrogen (secondary N) is 2. The van der Waals surface area contributed by atoms with Gasteiger partial charge in [0.2, 0.25) is 0 Å². The Balaban J connectivity index is 1.42. The molecule has 0 atom stereocenters. The molecular weight excluding hydrogens is 383 g/mol. The zero-order valence-electron chi connectivity index (χ0n) is 14.9. The standard InChI is InChI=1S/C20H18ClFN4O2/c21-14-4-6-16(7-5-14)23-19(28)26-10-8-20(9-11-26)24-17(18(27)25-20)13-2-1-3-15(22)12-13/h1-7,12H,8-11H2,(H,23,28)(H,25,27). The Hall–Kier alpha value is -2.93. The Bertz CT molecular complexity index is 953. The van der Waals surface area contributed by atoms with Crippen molar-refractivity contribution in [3.05, 3.63) is 64.9 Å². The molecule has 8 heteroatoms. The molecule has 6 nitrogen and oxygen atoms in total. The van der Waals surface area contributed by atoms with Crippen LogP contribution in [-0.2, 0) is 4.79 Å². The van der Waals surface area contributed by atoms with Gasteiger partial charge in [0.1, 0.15) is 17.2 Å². The highest BCUT2D eigenvalue weighted by atomic mass is 35.5. The summed E-state index contributed by atoms with van der Waals surface area (Å²) in [4.78, 5) is 31.1. The molecule has 0 aromatic heterocycles. The largest absolute Gasteiger partial charge is 0.326 e. The molecule has 2 heterocycles. The van der Waals surface area contributed by atoms with E-state index in [9.17, 15) is 14.0 Å². The molecule has 1 spiro atoms. The Kier molecular flexibility index (Phi) is 4.77. The van der Waals surface area contributed by atoms with Crippen LogP contribution in [0.3, 0.4) is 0 Å². The van der Waals surface area contributed by atoms with Crippen LogP contribution in [0.2, 0.25) is 5.02 Å². The monoisotopic (exact) mass is 400 g/mol. The number of aliphatic imine (C=N–C) groups is 1. The van der Waals surface area contributed by atoms with E-state index in [-0.39, 0.29) is 17.6 Å². The first-order valence-electron chi connectivity index (χ1n) is 8.94. The Labute approximate surface area is 166 Å². The number of carbonyl (C=O) groups excluding carboxylic acids is 2. The number of amides is 3. The molecular formula is C20H18ClFN4O2. The van der Waals surface area contributed by atoms with Crippen LogP contribution in [0.5, 0.6) is 0 Å². The minimum Gasteiger partial charge on any atom is -0.326 e. The maximum atomic E-state index is 13.5. The van der Waals surface area contributed by atoms with Crippen molar-refractivity contribution in [2.24, 2.45) is 4.99 Å². The fourth-order valence-corrected chi connectivity index (χ4v) is 3.57. The normalized spacial score (nSPS) is 18.0. The molecule has 0 saturated carbocycles. The van der Waals surface area contributed by atoms with E-state index in [1.807, 2.05) is 0 Å². The summed E-state index contributed by atoms with van der Waals surface area (Å²) in [6.07, 6.45) is 0.983. The second-order valence-electron chi connectivity index (χ2n) is 6.88. The van der Waals surface area contributed by atoms with Gasteiger partial charge in [-0.1, -0.05) is 23.7 Å². The van der Waals surface area contributed by atoms with Crippen LogP contribution in [0.15, 0.2) is 53.5 Å². The highest BCUT2D eigenvalue weighted by Crippen LogP contribution is 2.29. The highest BCUT2D eigenvalue weighted by molar-refractivity contribution is 6.46. The molecule has 0 bridgehead atoms. The van der Waals surface area contributed by atoms with Crippen LogP contribution < -0.4 is 10.6 Å². The van der Waals surface area contributed by atoms with Gasteiger partial charge < -0.3 is 15.5 Å². The maximum absolute atomic E-state index is 13.5. The summed E-state index contributed by atoms with van der Waals surface area (Å²) < 4.78 is 13.5. The quantitative estimate of drug-likeness (QED) is 0.810. The van der Waals surface area contributed by atoms with Crippen molar-refractivity contribution in [1.29, 1.82) is 0 Å². The summed E-state index contributed by atoms with van der Waals surface area (Å²) >= 11 is 5.85. The predicted molar refractivity (Wildman–Crippen MR) is 105 cm³/mol. The van der Waals surface area contributed by atoms with Gasteiger partial charge in [0, 0.05) is 42.2 Å². The molecule has 144 valence electrons. The lowest BCUT2D eigenvalue weighted by Crippen LogP contribution is -2.53. The summed E-state index contributed by atoms with van der Waals surface area (Å²) in [5.74, 6) is -0.729. The Morgan fingerprint density at radius 1 is 1.18 bits per heavy atom. The molecule has 1 fully saturated rings. The number of likely N-dealkylation sites (tertiary alicyclic amines) is 1. The summed E-state index contributed by atoms with van der Waals surface area (Å²) in [7, 11) is 0. The van der Waals surface area contributed by atoms with Crippen molar-refractivity contribution in [2.75, 3.05) is 18.4 Å². The SMILES string of the molecule is O=C1NC2(CCN(C(=O)Nc3ccc(Cl)cc3)CC2)N=C1c1cccc(F)c1. The number of anilines is 1. The van der Waals surface area contributed by atoms with Gasteiger partial charge in [-0.3, -0.25) is 9.79 Å². The zero-order chi connectivity index (χ0) is 19.7. The van der Waals surface area contributed by atoms with E-state index >= 15 is 0 Å². The zero-order valence-corrected chi connectivity index (χ0v) is 15.7. The van der Waals surface area contributed by atoms with Gasteiger partial charge in [-0.2, -0.15) is 0 Å². The van der Waals surface area contributed by atoms with Gasteiger partial charge in [0.05, 0.1) is 0 Å². The lowest BCUT2D eigenvalue weighted by atomic mass is 9.98. The third kappa shape index (κ3) is 3.71. The third-order valence-electron chi connectivity index (χ3n) is 4.96. The number of nitrogens with zero attached hydrogens (tertiary/aromatic N) is 2. The molecule has 2 aromatic carbocycles. The second-order valence-corrected chi connectivity index (χ2v) is 7.32.